The fourth-order valence-electron chi connectivity index (χ4n) is 3.59. The van der Waals surface area contributed by atoms with Crippen LogP contribution in [0.5, 0.6) is 0 Å². The topological polar surface area (TPSA) is 25.2 Å². The van der Waals surface area contributed by atoms with E-state index < -0.39 is 0 Å². The lowest BCUT2D eigenvalue weighted by Crippen LogP contribution is -2.46. The first kappa shape index (κ1) is 12.3. The molecular formula is C14H19BrN2O. The fraction of sp³-hybridized carbons (Fsp3) is 0.643. The number of fused-ring (bicyclic) bond motifs is 1. The minimum absolute atomic E-state index is 0.208. The van der Waals surface area contributed by atoms with Gasteiger partial charge in [-0.05, 0) is 53.6 Å². The van der Waals surface area contributed by atoms with Crippen LogP contribution in [0.4, 0.5) is 0 Å². The first-order valence-corrected chi connectivity index (χ1v) is 7.59. The van der Waals surface area contributed by atoms with Crippen molar-refractivity contribution in [3.05, 3.63) is 22.4 Å². The normalized spacial score (nSPS) is 27.3. The van der Waals surface area contributed by atoms with Crippen molar-refractivity contribution in [2.75, 3.05) is 6.54 Å². The zero-order valence-electron chi connectivity index (χ0n) is 10.7. The molecule has 0 bridgehead atoms. The number of amides is 1. The Bertz CT molecular complexity index is 468. The molecule has 0 spiro atoms. The van der Waals surface area contributed by atoms with Crippen LogP contribution in [0.3, 0.4) is 0 Å². The molecule has 1 aromatic heterocycles. The summed E-state index contributed by atoms with van der Waals surface area (Å²) in [6.45, 7) is 0.933. The van der Waals surface area contributed by atoms with Crippen LogP contribution < -0.4 is 0 Å². The molecule has 3 rings (SSSR count). The van der Waals surface area contributed by atoms with Crippen LogP contribution in [-0.4, -0.2) is 28.0 Å². The molecule has 0 radical (unpaired) electrons. The van der Waals surface area contributed by atoms with Gasteiger partial charge in [-0.25, -0.2) is 0 Å². The third-order valence-electron chi connectivity index (χ3n) is 4.44. The van der Waals surface area contributed by atoms with Crippen molar-refractivity contribution in [1.82, 2.24) is 9.47 Å². The molecule has 2 unspecified atom stereocenters. The average molecular weight is 311 g/mol. The third-order valence-corrected chi connectivity index (χ3v) is 4.88. The van der Waals surface area contributed by atoms with Crippen molar-refractivity contribution >= 4 is 21.8 Å². The largest absolute Gasteiger partial charge is 0.345 e. The summed E-state index contributed by atoms with van der Waals surface area (Å²) < 4.78 is 2.90. The van der Waals surface area contributed by atoms with Crippen molar-refractivity contribution in [1.29, 1.82) is 0 Å². The van der Waals surface area contributed by atoms with Crippen molar-refractivity contribution < 1.29 is 4.79 Å². The Labute approximate surface area is 116 Å². The molecule has 18 heavy (non-hydrogen) atoms. The number of hydrogen-bond acceptors (Lipinski definition) is 1. The van der Waals surface area contributed by atoms with Crippen LogP contribution in [0.15, 0.2) is 16.7 Å². The molecule has 1 saturated heterocycles. The maximum Gasteiger partial charge on any atom is 0.270 e. The lowest BCUT2D eigenvalue weighted by molar-refractivity contribution is 0.0538. The highest BCUT2D eigenvalue weighted by molar-refractivity contribution is 9.10. The molecule has 1 saturated carbocycles. The van der Waals surface area contributed by atoms with Gasteiger partial charge in [0, 0.05) is 30.3 Å². The average Bonchev–Trinajstić information content (AvgIpc) is 2.94. The number of rotatable bonds is 1. The van der Waals surface area contributed by atoms with Crippen molar-refractivity contribution in [2.24, 2.45) is 13.0 Å². The van der Waals surface area contributed by atoms with Crippen molar-refractivity contribution in [3.63, 3.8) is 0 Å². The Kier molecular flexibility index (Phi) is 3.22. The summed E-state index contributed by atoms with van der Waals surface area (Å²) in [5.41, 5.74) is 0.800. The first-order valence-electron chi connectivity index (χ1n) is 6.79. The molecule has 4 heteroatoms. The highest BCUT2D eigenvalue weighted by Gasteiger charge is 2.38. The Morgan fingerprint density at radius 2 is 2.11 bits per heavy atom. The summed E-state index contributed by atoms with van der Waals surface area (Å²) in [6.07, 6.45) is 8.22. The molecule has 3 nitrogen and oxygen atoms in total. The highest BCUT2D eigenvalue weighted by Crippen LogP contribution is 2.37. The van der Waals surface area contributed by atoms with Gasteiger partial charge in [-0.2, -0.15) is 0 Å². The van der Waals surface area contributed by atoms with E-state index in [1.54, 1.807) is 0 Å². The van der Waals surface area contributed by atoms with Crippen LogP contribution in [0.2, 0.25) is 0 Å². The number of aryl methyl sites for hydroxylation is 1. The second-order valence-electron chi connectivity index (χ2n) is 5.55. The van der Waals surface area contributed by atoms with E-state index in [9.17, 15) is 4.79 Å². The highest BCUT2D eigenvalue weighted by atomic mass is 79.9. The number of likely N-dealkylation sites (tertiary alicyclic amines) is 1. The molecule has 0 N–H and O–H groups in total. The van der Waals surface area contributed by atoms with Gasteiger partial charge >= 0.3 is 0 Å². The molecule has 98 valence electrons. The van der Waals surface area contributed by atoms with Gasteiger partial charge in [0.05, 0.1) is 0 Å². The van der Waals surface area contributed by atoms with Gasteiger partial charge < -0.3 is 9.47 Å². The van der Waals surface area contributed by atoms with Crippen LogP contribution >= 0.6 is 15.9 Å². The number of carbonyl (C=O) groups is 1. The van der Waals surface area contributed by atoms with Gasteiger partial charge in [0.2, 0.25) is 0 Å². The molecule has 1 aliphatic heterocycles. The van der Waals surface area contributed by atoms with Gasteiger partial charge in [0.15, 0.2) is 0 Å². The summed E-state index contributed by atoms with van der Waals surface area (Å²) in [5, 5.41) is 0. The second kappa shape index (κ2) is 4.72. The predicted octanol–water partition coefficient (Wildman–Crippen LogP) is 3.19. The summed E-state index contributed by atoms with van der Waals surface area (Å²) in [4.78, 5) is 14.8. The third kappa shape index (κ3) is 2.00. The quantitative estimate of drug-likeness (QED) is 0.782. The zero-order chi connectivity index (χ0) is 12.7. The second-order valence-corrected chi connectivity index (χ2v) is 6.47. The predicted molar refractivity (Wildman–Crippen MR) is 74.5 cm³/mol. The van der Waals surface area contributed by atoms with E-state index in [2.05, 4.69) is 20.8 Å². The number of carbonyl (C=O) groups excluding carboxylic acids is 1. The number of hydrogen-bond donors (Lipinski definition) is 0. The van der Waals surface area contributed by atoms with Crippen LogP contribution in [-0.2, 0) is 7.05 Å². The number of aromatic nitrogens is 1. The molecule has 1 aliphatic carbocycles. The smallest absolute Gasteiger partial charge is 0.270 e. The summed E-state index contributed by atoms with van der Waals surface area (Å²) in [7, 11) is 1.94. The van der Waals surface area contributed by atoms with E-state index in [1.807, 2.05) is 23.9 Å². The van der Waals surface area contributed by atoms with Gasteiger partial charge in [-0.1, -0.05) is 6.42 Å². The molecule has 1 aromatic rings. The van der Waals surface area contributed by atoms with E-state index in [1.165, 1.54) is 32.1 Å². The van der Waals surface area contributed by atoms with E-state index in [0.717, 1.165) is 22.6 Å². The molecule has 2 atom stereocenters. The number of nitrogens with zero attached hydrogens (tertiary/aromatic N) is 2. The Morgan fingerprint density at radius 3 is 2.83 bits per heavy atom. The Morgan fingerprint density at radius 1 is 1.33 bits per heavy atom. The molecular weight excluding hydrogens is 292 g/mol. The Hall–Kier alpha value is -0.770. The molecule has 2 heterocycles. The number of piperidine rings is 1. The van der Waals surface area contributed by atoms with Crippen molar-refractivity contribution in [3.8, 4) is 0 Å². The number of halogens is 1. The zero-order valence-corrected chi connectivity index (χ0v) is 12.3. The van der Waals surface area contributed by atoms with E-state index in [0.29, 0.717) is 6.04 Å². The molecule has 2 aliphatic rings. The maximum atomic E-state index is 12.7. The summed E-state index contributed by atoms with van der Waals surface area (Å²) >= 11 is 3.44. The minimum Gasteiger partial charge on any atom is -0.345 e. The Balaban J connectivity index is 1.85. The lowest BCUT2D eigenvalue weighted by atomic mass is 9.92. The molecule has 0 aromatic carbocycles. The lowest BCUT2D eigenvalue weighted by Gasteiger charge is -2.37. The van der Waals surface area contributed by atoms with Crippen LogP contribution in [0.1, 0.15) is 42.6 Å². The van der Waals surface area contributed by atoms with Crippen LogP contribution in [0, 0.1) is 5.92 Å². The van der Waals surface area contributed by atoms with E-state index >= 15 is 0 Å². The van der Waals surface area contributed by atoms with Crippen molar-refractivity contribution in [2.45, 2.75) is 38.1 Å². The minimum atomic E-state index is 0.208. The van der Waals surface area contributed by atoms with Gasteiger partial charge in [0.25, 0.3) is 5.91 Å². The standard InChI is InChI=1S/C14H19BrN2O/c1-16-9-11(15)8-13(16)14(18)17-7-3-5-10-4-2-6-12(10)17/h8-10,12H,2-7H2,1H3. The molecule has 2 fully saturated rings. The first-order chi connectivity index (χ1) is 8.66. The monoisotopic (exact) mass is 310 g/mol. The van der Waals surface area contributed by atoms with E-state index in [-0.39, 0.29) is 5.91 Å². The summed E-state index contributed by atoms with van der Waals surface area (Å²) in [5.74, 6) is 0.964. The summed E-state index contributed by atoms with van der Waals surface area (Å²) in [6, 6.07) is 2.43. The van der Waals surface area contributed by atoms with E-state index in [4.69, 9.17) is 0 Å². The maximum absolute atomic E-state index is 12.7. The van der Waals surface area contributed by atoms with Gasteiger partial charge in [-0.3, -0.25) is 4.79 Å². The van der Waals surface area contributed by atoms with Gasteiger partial charge in [0.1, 0.15) is 5.69 Å². The fourth-order valence-corrected chi connectivity index (χ4v) is 4.11. The van der Waals surface area contributed by atoms with Gasteiger partial charge in [-0.15, -0.1) is 0 Å². The molecule has 1 amide bonds. The SMILES string of the molecule is Cn1cc(Br)cc1C(=O)N1CCCC2CCCC21. The van der Waals surface area contributed by atoms with Crippen LogP contribution in [0.25, 0.3) is 0 Å².